The third-order valence-corrected chi connectivity index (χ3v) is 12.3. The van der Waals surface area contributed by atoms with Crippen LogP contribution in [-0.2, 0) is 0 Å². The third-order valence-electron chi connectivity index (χ3n) is 11.1. The lowest BCUT2D eigenvalue weighted by molar-refractivity contribution is 0.669. The zero-order valence-corrected chi connectivity index (χ0v) is 31.7. The van der Waals surface area contributed by atoms with Gasteiger partial charge in [0, 0.05) is 53.9 Å². The van der Waals surface area contributed by atoms with E-state index in [9.17, 15) is 0 Å². The summed E-state index contributed by atoms with van der Waals surface area (Å²) in [6.45, 7) is 0. The van der Waals surface area contributed by atoms with E-state index >= 15 is 0 Å². The molecule has 12 rings (SSSR count). The van der Waals surface area contributed by atoms with Gasteiger partial charge in [0.05, 0.1) is 15.9 Å². The largest absolute Gasteiger partial charge is 0.456 e. The van der Waals surface area contributed by atoms with Crippen LogP contribution in [0.1, 0.15) is 0 Å². The van der Waals surface area contributed by atoms with Gasteiger partial charge in [0.25, 0.3) is 0 Å². The van der Waals surface area contributed by atoms with E-state index in [2.05, 4.69) is 133 Å². The maximum absolute atomic E-state index is 6.23. The minimum Gasteiger partial charge on any atom is -0.456 e. The van der Waals surface area contributed by atoms with E-state index in [0.717, 1.165) is 82.7 Å². The summed E-state index contributed by atoms with van der Waals surface area (Å²) >= 11 is 1.80. The molecule has 0 amide bonds. The highest BCUT2D eigenvalue weighted by atomic mass is 32.1. The summed E-state index contributed by atoms with van der Waals surface area (Å²) in [4.78, 5) is 20.7. The van der Waals surface area contributed by atoms with Crippen LogP contribution in [0.4, 0.5) is 0 Å². The number of benzene rings is 8. The zero-order valence-electron chi connectivity index (χ0n) is 30.9. The Labute approximate surface area is 336 Å². The van der Waals surface area contributed by atoms with Crippen molar-refractivity contribution in [3.05, 3.63) is 182 Å². The van der Waals surface area contributed by atoms with E-state index in [-0.39, 0.29) is 0 Å². The molecule has 270 valence electrons. The first-order valence-electron chi connectivity index (χ1n) is 19.3. The van der Waals surface area contributed by atoms with Crippen molar-refractivity contribution < 1.29 is 4.42 Å². The predicted octanol–water partition coefficient (Wildman–Crippen LogP) is 14.2. The van der Waals surface area contributed by atoms with Crippen LogP contribution in [0, 0.1) is 0 Å². The van der Waals surface area contributed by atoms with Crippen LogP contribution in [0.3, 0.4) is 0 Å². The first kappa shape index (κ1) is 32.7. The van der Waals surface area contributed by atoms with Gasteiger partial charge in [-0.1, -0.05) is 146 Å². The molecule has 58 heavy (non-hydrogen) atoms. The number of pyridine rings is 1. The van der Waals surface area contributed by atoms with Crippen molar-refractivity contribution in [3.63, 3.8) is 0 Å². The Balaban J connectivity index is 1.01. The molecule has 0 saturated carbocycles. The Bertz CT molecular complexity index is 3590. The Morgan fingerprint density at radius 3 is 1.83 bits per heavy atom. The standard InChI is InChI=1S/C52H30N4OS/c1-2-12-32(13-3-1)50-54-51(35-15-10-14-34(29-35)47-39-16-4-5-17-40(39)49-48(53-47)42-19-7-9-23-45(42)58-49)56-52(55-50)36-27-25-31-24-26-33(28-37(31)30-36)38-20-11-22-44-46(38)41-18-6-8-21-43(41)57-44/h1-30H. The SMILES string of the molecule is c1ccc(-c2nc(-c3cccc(-c4nc5c6ccccc6sc5c5ccccc45)c3)nc(-c3ccc4ccc(-c5cccc6oc7ccccc7c56)cc4c3)n2)cc1. The number of thiophene rings is 1. The lowest BCUT2D eigenvalue weighted by Gasteiger charge is -2.12. The van der Waals surface area contributed by atoms with Crippen molar-refractivity contribution in [2.45, 2.75) is 0 Å². The molecule has 0 N–H and O–H groups in total. The molecule has 0 fully saturated rings. The summed E-state index contributed by atoms with van der Waals surface area (Å²) in [5.74, 6) is 1.83. The van der Waals surface area contributed by atoms with Crippen LogP contribution >= 0.6 is 11.3 Å². The number of rotatable bonds is 5. The lowest BCUT2D eigenvalue weighted by Crippen LogP contribution is -2.00. The fourth-order valence-electron chi connectivity index (χ4n) is 8.33. The molecule has 0 spiro atoms. The average molecular weight is 759 g/mol. The molecular weight excluding hydrogens is 729 g/mol. The van der Waals surface area contributed by atoms with E-state index in [1.807, 2.05) is 48.5 Å². The molecule has 0 radical (unpaired) electrons. The predicted molar refractivity (Wildman–Crippen MR) is 240 cm³/mol. The molecule has 4 heterocycles. The highest BCUT2D eigenvalue weighted by molar-refractivity contribution is 7.26. The Morgan fingerprint density at radius 2 is 0.983 bits per heavy atom. The molecule has 0 unspecified atom stereocenters. The normalized spacial score (nSPS) is 11.8. The van der Waals surface area contributed by atoms with Gasteiger partial charge in [0.15, 0.2) is 17.5 Å². The third kappa shape index (κ3) is 5.30. The van der Waals surface area contributed by atoms with Crippen LogP contribution in [-0.4, -0.2) is 19.9 Å². The second-order valence-corrected chi connectivity index (χ2v) is 15.6. The molecule has 12 aromatic rings. The van der Waals surface area contributed by atoms with Gasteiger partial charge >= 0.3 is 0 Å². The van der Waals surface area contributed by atoms with Crippen molar-refractivity contribution in [1.29, 1.82) is 0 Å². The number of aromatic nitrogens is 4. The van der Waals surface area contributed by atoms with Gasteiger partial charge in [0.1, 0.15) is 11.2 Å². The highest BCUT2D eigenvalue weighted by Gasteiger charge is 2.18. The van der Waals surface area contributed by atoms with Gasteiger partial charge in [-0.3, -0.25) is 0 Å². The summed E-state index contributed by atoms with van der Waals surface area (Å²) < 4.78 is 8.68. The summed E-state index contributed by atoms with van der Waals surface area (Å²) in [5, 5.41) is 7.97. The molecule has 0 aliphatic heterocycles. The summed E-state index contributed by atoms with van der Waals surface area (Å²) in [6, 6.07) is 63.3. The van der Waals surface area contributed by atoms with Gasteiger partial charge < -0.3 is 4.42 Å². The molecular formula is C52H30N4OS. The number of furan rings is 1. The van der Waals surface area contributed by atoms with E-state index in [0.29, 0.717) is 17.5 Å². The van der Waals surface area contributed by atoms with Crippen molar-refractivity contribution >= 4 is 75.1 Å². The molecule has 0 bridgehead atoms. The van der Waals surface area contributed by atoms with E-state index in [4.69, 9.17) is 24.4 Å². The molecule has 8 aromatic carbocycles. The molecule has 0 aliphatic rings. The smallest absolute Gasteiger partial charge is 0.164 e. The van der Waals surface area contributed by atoms with Crippen molar-refractivity contribution in [2.24, 2.45) is 0 Å². The van der Waals surface area contributed by atoms with Gasteiger partial charge in [-0.05, 0) is 58.3 Å². The van der Waals surface area contributed by atoms with Crippen LogP contribution in [0.5, 0.6) is 0 Å². The lowest BCUT2D eigenvalue weighted by atomic mass is 9.96. The Morgan fingerprint density at radius 1 is 0.379 bits per heavy atom. The number of nitrogens with zero attached hydrogens (tertiary/aromatic N) is 4. The summed E-state index contributed by atoms with van der Waals surface area (Å²) in [6.07, 6.45) is 0. The molecule has 6 heteroatoms. The molecule has 5 nitrogen and oxygen atoms in total. The van der Waals surface area contributed by atoms with Crippen molar-refractivity contribution in [2.75, 3.05) is 0 Å². The average Bonchev–Trinajstić information content (AvgIpc) is 3.87. The van der Waals surface area contributed by atoms with Gasteiger partial charge in [-0.15, -0.1) is 11.3 Å². The number of para-hydroxylation sites is 1. The maximum Gasteiger partial charge on any atom is 0.164 e. The zero-order chi connectivity index (χ0) is 38.2. The fraction of sp³-hybridized carbons (Fsp3) is 0. The molecule has 4 aromatic heterocycles. The maximum atomic E-state index is 6.23. The highest BCUT2D eigenvalue weighted by Crippen LogP contribution is 2.42. The monoisotopic (exact) mass is 758 g/mol. The minimum atomic E-state index is 0.601. The second kappa shape index (κ2) is 13.0. The molecule has 0 atom stereocenters. The van der Waals surface area contributed by atoms with Gasteiger partial charge in [-0.2, -0.15) is 0 Å². The first-order valence-corrected chi connectivity index (χ1v) is 20.1. The number of fused-ring (bicyclic) bond motifs is 9. The Hall–Kier alpha value is -7.54. The Kier molecular flexibility index (Phi) is 7.33. The van der Waals surface area contributed by atoms with Crippen molar-refractivity contribution in [1.82, 2.24) is 19.9 Å². The number of hydrogen-bond donors (Lipinski definition) is 0. The topological polar surface area (TPSA) is 64.7 Å². The van der Waals surface area contributed by atoms with Gasteiger partial charge in [0.2, 0.25) is 0 Å². The summed E-state index contributed by atoms with van der Waals surface area (Å²) in [7, 11) is 0. The van der Waals surface area contributed by atoms with Crippen LogP contribution in [0.25, 0.3) is 120 Å². The van der Waals surface area contributed by atoms with Crippen LogP contribution < -0.4 is 0 Å². The molecule has 0 aliphatic carbocycles. The first-order chi connectivity index (χ1) is 28.7. The van der Waals surface area contributed by atoms with Crippen LogP contribution in [0.2, 0.25) is 0 Å². The number of hydrogen-bond acceptors (Lipinski definition) is 6. The second-order valence-electron chi connectivity index (χ2n) is 14.6. The van der Waals surface area contributed by atoms with Crippen molar-refractivity contribution in [3.8, 4) is 56.5 Å². The fourth-order valence-corrected chi connectivity index (χ4v) is 9.51. The van der Waals surface area contributed by atoms with Gasteiger partial charge in [-0.25, -0.2) is 19.9 Å². The minimum absolute atomic E-state index is 0.601. The van der Waals surface area contributed by atoms with E-state index in [1.165, 1.54) is 20.2 Å². The van der Waals surface area contributed by atoms with E-state index < -0.39 is 0 Å². The van der Waals surface area contributed by atoms with E-state index in [1.54, 1.807) is 11.3 Å². The quantitative estimate of drug-likeness (QED) is 0.175. The summed E-state index contributed by atoms with van der Waals surface area (Å²) in [5.41, 5.74) is 9.73. The molecule has 0 saturated heterocycles. The van der Waals surface area contributed by atoms with Crippen LogP contribution in [0.15, 0.2) is 186 Å².